The molecule has 0 aromatic heterocycles. The van der Waals surface area contributed by atoms with Crippen LogP contribution in [0.25, 0.3) is 34.4 Å². The van der Waals surface area contributed by atoms with E-state index in [0.29, 0.717) is 0 Å². The van der Waals surface area contributed by atoms with E-state index in [1.54, 1.807) is 0 Å². The molecule has 260 valence electrons. The third-order valence-corrected chi connectivity index (χ3v) is 9.93. The third-order valence-electron chi connectivity index (χ3n) is 9.93. The molecule has 6 aromatic rings. The molecule has 0 unspecified atom stereocenters. The van der Waals surface area contributed by atoms with Gasteiger partial charge in [-0.25, -0.2) is 0 Å². The van der Waals surface area contributed by atoms with E-state index < -0.39 is 5.41 Å². The molecule has 0 amide bonds. The lowest BCUT2D eigenvalue weighted by molar-refractivity contribution is 0.201. The molecule has 52 heavy (non-hydrogen) atoms. The molecular formula is C48H44O4. The minimum atomic E-state index is -0.579. The van der Waals surface area contributed by atoms with Crippen molar-refractivity contribution in [3.05, 3.63) is 190 Å². The van der Waals surface area contributed by atoms with Gasteiger partial charge < -0.3 is 19.7 Å². The lowest BCUT2D eigenvalue weighted by atomic mass is 9.67. The van der Waals surface area contributed by atoms with Gasteiger partial charge in [-0.2, -0.15) is 0 Å². The molecule has 4 heteroatoms. The van der Waals surface area contributed by atoms with Crippen molar-refractivity contribution in [1.29, 1.82) is 0 Å². The summed E-state index contributed by atoms with van der Waals surface area (Å²) in [6.45, 7) is 4.38. The summed E-state index contributed by atoms with van der Waals surface area (Å²) in [6, 6.07) is 47.3. The Morgan fingerprint density at radius 2 is 0.923 bits per heavy atom. The molecule has 2 aliphatic carbocycles. The second-order valence-corrected chi connectivity index (χ2v) is 13.0. The number of aliphatic hydroxyl groups excluding tert-OH is 2. The number of rotatable bonds is 10. The molecule has 0 spiro atoms. The summed E-state index contributed by atoms with van der Waals surface area (Å²) in [5.41, 5.74) is 14.2. The van der Waals surface area contributed by atoms with Crippen molar-refractivity contribution < 1.29 is 19.7 Å². The molecule has 0 saturated heterocycles. The van der Waals surface area contributed by atoms with Gasteiger partial charge >= 0.3 is 0 Å². The van der Waals surface area contributed by atoms with E-state index in [-0.39, 0.29) is 26.4 Å². The molecule has 0 aliphatic heterocycles. The zero-order valence-electron chi connectivity index (χ0n) is 29.8. The maximum Gasteiger partial charge on any atom is 0.126 e. The predicted molar refractivity (Wildman–Crippen MR) is 213 cm³/mol. The average Bonchev–Trinajstić information content (AvgIpc) is 3.72. The van der Waals surface area contributed by atoms with E-state index in [1.807, 2.05) is 50.3 Å². The quantitative estimate of drug-likeness (QED) is 0.151. The number of benzene rings is 6. The van der Waals surface area contributed by atoms with Crippen molar-refractivity contribution >= 4 is 12.2 Å². The smallest absolute Gasteiger partial charge is 0.126 e. The van der Waals surface area contributed by atoms with Crippen LogP contribution in [0, 0.1) is 0 Å². The predicted octanol–water partition coefficient (Wildman–Crippen LogP) is 10.1. The first kappa shape index (κ1) is 34.8. The average molecular weight is 685 g/mol. The van der Waals surface area contributed by atoms with Gasteiger partial charge in [0.2, 0.25) is 0 Å². The molecule has 0 heterocycles. The van der Waals surface area contributed by atoms with Crippen LogP contribution in [0.4, 0.5) is 0 Å². The Kier molecular flexibility index (Phi) is 10.5. The van der Waals surface area contributed by atoms with Crippen LogP contribution in [-0.4, -0.2) is 36.6 Å². The number of allylic oxidation sites excluding steroid dienone is 2. The van der Waals surface area contributed by atoms with Crippen LogP contribution in [0.15, 0.2) is 146 Å². The minimum Gasteiger partial charge on any atom is -0.491 e. The molecule has 0 fully saturated rings. The lowest BCUT2D eigenvalue weighted by Crippen LogP contribution is -2.29. The maximum atomic E-state index is 9.36. The highest BCUT2D eigenvalue weighted by atomic mass is 16.5. The fourth-order valence-electron chi connectivity index (χ4n) is 7.86. The number of aliphatic hydroxyl groups is 2. The Labute approximate surface area is 307 Å². The normalized spacial score (nSPS) is 13.2. The number of ether oxygens (including phenoxy) is 2. The first-order chi connectivity index (χ1) is 25.6. The van der Waals surface area contributed by atoms with Gasteiger partial charge in [0.05, 0.1) is 18.6 Å². The molecule has 6 aromatic carbocycles. The number of hydrogen-bond acceptors (Lipinski definition) is 4. The highest BCUT2D eigenvalue weighted by Gasteiger charge is 2.46. The van der Waals surface area contributed by atoms with Crippen LogP contribution in [-0.2, 0) is 11.8 Å². The van der Waals surface area contributed by atoms with Crippen molar-refractivity contribution in [3.63, 3.8) is 0 Å². The topological polar surface area (TPSA) is 58.9 Å². The number of fused-ring (bicyclic) bond motifs is 6. The summed E-state index contributed by atoms with van der Waals surface area (Å²) >= 11 is 0. The van der Waals surface area contributed by atoms with E-state index >= 15 is 0 Å². The molecule has 8 rings (SSSR count). The van der Waals surface area contributed by atoms with Gasteiger partial charge in [-0.1, -0.05) is 133 Å². The van der Waals surface area contributed by atoms with Crippen molar-refractivity contribution in [3.8, 4) is 33.8 Å². The first-order valence-corrected chi connectivity index (χ1v) is 18.0. The van der Waals surface area contributed by atoms with Gasteiger partial charge in [0.1, 0.15) is 24.7 Å². The Balaban J connectivity index is 0.000000268. The van der Waals surface area contributed by atoms with E-state index in [4.69, 9.17) is 9.47 Å². The zero-order chi connectivity index (χ0) is 35.9. The van der Waals surface area contributed by atoms with Crippen LogP contribution in [0.2, 0.25) is 0 Å². The summed E-state index contributed by atoms with van der Waals surface area (Å²) < 4.78 is 11.8. The fourth-order valence-corrected chi connectivity index (χ4v) is 7.86. The largest absolute Gasteiger partial charge is 0.491 e. The summed E-state index contributed by atoms with van der Waals surface area (Å²) in [5, 5.41) is 18.7. The highest BCUT2D eigenvalue weighted by Crippen LogP contribution is 2.56. The van der Waals surface area contributed by atoms with Gasteiger partial charge in [-0.3, -0.25) is 0 Å². The second-order valence-electron chi connectivity index (χ2n) is 13.0. The van der Waals surface area contributed by atoms with Crippen LogP contribution < -0.4 is 9.47 Å². The molecule has 0 radical (unpaired) electrons. The molecule has 0 saturated carbocycles. The fraction of sp³-hybridized carbons (Fsp3) is 0.167. The van der Waals surface area contributed by atoms with Crippen molar-refractivity contribution in [2.45, 2.75) is 25.7 Å². The van der Waals surface area contributed by atoms with Crippen molar-refractivity contribution in [2.24, 2.45) is 0 Å². The Hall–Kier alpha value is -5.68. The van der Waals surface area contributed by atoms with Crippen LogP contribution in [0.3, 0.4) is 0 Å². The summed E-state index contributed by atoms with van der Waals surface area (Å²) in [4.78, 5) is 0. The standard InChI is InChI=1S/C35H34O4.C13H10/c1-3-9-25-23-27(15-17-33(25)38-21-19-36)35(28-16-18-34(39-22-20-37)26(24-28)10-4-2)31-13-7-5-11-29(31)30-12-6-8-14-32(30)35;1-3-7-12-10(5-1)9-11-6-2-4-8-13(11)12/h3-18,23-24,36-37H,19-22H2,1-2H3;1-8H,9H2. The second kappa shape index (κ2) is 15.7. The Morgan fingerprint density at radius 1 is 0.519 bits per heavy atom. The van der Waals surface area contributed by atoms with Gasteiger partial charge in [-0.05, 0) is 100 Å². The minimum absolute atomic E-state index is 0.0415. The monoisotopic (exact) mass is 684 g/mol. The van der Waals surface area contributed by atoms with E-state index in [1.165, 1.54) is 44.5 Å². The van der Waals surface area contributed by atoms with Crippen LogP contribution >= 0.6 is 0 Å². The summed E-state index contributed by atoms with van der Waals surface area (Å²) in [5.74, 6) is 1.48. The molecule has 2 N–H and O–H groups in total. The van der Waals surface area contributed by atoms with Crippen molar-refractivity contribution in [1.82, 2.24) is 0 Å². The molecule has 4 nitrogen and oxygen atoms in total. The summed E-state index contributed by atoms with van der Waals surface area (Å²) in [7, 11) is 0. The number of hydrogen-bond donors (Lipinski definition) is 2. The molecule has 2 aliphatic rings. The Bertz CT molecular complexity index is 2090. The zero-order valence-corrected chi connectivity index (χ0v) is 29.8. The highest BCUT2D eigenvalue weighted by molar-refractivity contribution is 5.87. The third kappa shape index (κ3) is 6.36. The maximum absolute atomic E-state index is 9.36. The SMILES string of the molecule is CC=Cc1cc(C2(c3ccc(OCCO)c(C=CC)c3)c3ccccc3-c3ccccc32)ccc1OCCO.c1ccc2c(c1)Cc1ccccc1-2. The van der Waals surface area contributed by atoms with E-state index in [2.05, 4.69) is 121 Å². The van der Waals surface area contributed by atoms with Gasteiger partial charge in [0.25, 0.3) is 0 Å². The molecule has 0 atom stereocenters. The van der Waals surface area contributed by atoms with Gasteiger partial charge in [0.15, 0.2) is 0 Å². The lowest BCUT2D eigenvalue weighted by Gasteiger charge is -2.34. The van der Waals surface area contributed by atoms with Crippen molar-refractivity contribution in [2.75, 3.05) is 26.4 Å². The van der Waals surface area contributed by atoms with E-state index in [0.717, 1.165) is 40.2 Å². The van der Waals surface area contributed by atoms with Gasteiger partial charge in [0, 0.05) is 11.1 Å². The Morgan fingerprint density at radius 3 is 1.35 bits per heavy atom. The molecule has 0 bridgehead atoms. The van der Waals surface area contributed by atoms with Crippen LogP contribution in [0.5, 0.6) is 11.5 Å². The van der Waals surface area contributed by atoms with Crippen LogP contribution in [0.1, 0.15) is 58.4 Å². The van der Waals surface area contributed by atoms with E-state index in [9.17, 15) is 10.2 Å². The first-order valence-electron chi connectivity index (χ1n) is 18.0. The summed E-state index contributed by atoms with van der Waals surface area (Å²) in [6.07, 6.45) is 9.21. The van der Waals surface area contributed by atoms with Gasteiger partial charge in [-0.15, -0.1) is 0 Å². The molecular weight excluding hydrogens is 641 g/mol.